The van der Waals surface area contributed by atoms with Crippen molar-refractivity contribution < 1.29 is 14.2 Å². The molecular formula is C19H26O3. The van der Waals surface area contributed by atoms with Crippen LogP contribution in [-0.4, -0.2) is 27.1 Å². The zero-order valence-electron chi connectivity index (χ0n) is 13.9. The van der Waals surface area contributed by atoms with Gasteiger partial charge in [0.15, 0.2) is 6.29 Å². The first-order valence-electron chi connectivity index (χ1n) is 8.46. The predicted octanol–water partition coefficient (Wildman–Crippen LogP) is 3.69. The minimum atomic E-state index is -0.113. The van der Waals surface area contributed by atoms with Crippen molar-refractivity contribution in [2.75, 3.05) is 20.8 Å². The molecule has 0 spiro atoms. The lowest BCUT2D eigenvalue weighted by Gasteiger charge is -2.62. The Kier molecular flexibility index (Phi) is 3.28. The minimum Gasteiger partial charge on any atom is -0.497 e. The van der Waals surface area contributed by atoms with Gasteiger partial charge in [0.1, 0.15) is 5.75 Å². The Morgan fingerprint density at radius 1 is 1.23 bits per heavy atom. The predicted molar refractivity (Wildman–Crippen MR) is 85.2 cm³/mol. The minimum absolute atomic E-state index is 0.0276. The van der Waals surface area contributed by atoms with Crippen molar-refractivity contribution in [2.45, 2.75) is 50.7 Å². The van der Waals surface area contributed by atoms with Crippen molar-refractivity contribution >= 4 is 0 Å². The normalized spacial score (nSPS) is 39.8. The molecule has 22 heavy (non-hydrogen) atoms. The van der Waals surface area contributed by atoms with Crippen molar-refractivity contribution in [3.8, 4) is 5.75 Å². The van der Waals surface area contributed by atoms with Gasteiger partial charge in [-0.15, -0.1) is 0 Å². The molecule has 2 fully saturated rings. The fraction of sp³-hybridized carbons (Fsp3) is 0.684. The molecule has 0 radical (unpaired) electrons. The Morgan fingerprint density at radius 2 is 2.09 bits per heavy atom. The van der Waals surface area contributed by atoms with Gasteiger partial charge in [0.25, 0.3) is 0 Å². The van der Waals surface area contributed by atoms with E-state index in [0.717, 1.165) is 18.8 Å². The average molecular weight is 302 g/mol. The fourth-order valence-corrected chi connectivity index (χ4v) is 5.62. The highest BCUT2D eigenvalue weighted by Gasteiger charge is 2.61. The van der Waals surface area contributed by atoms with Crippen LogP contribution in [0.25, 0.3) is 0 Å². The number of ether oxygens (including phenoxy) is 3. The van der Waals surface area contributed by atoms with Gasteiger partial charge in [0.05, 0.1) is 13.7 Å². The van der Waals surface area contributed by atoms with Gasteiger partial charge in [-0.25, -0.2) is 0 Å². The molecule has 2 aliphatic carbocycles. The van der Waals surface area contributed by atoms with E-state index >= 15 is 0 Å². The van der Waals surface area contributed by atoms with Gasteiger partial charge in [0.2, 0.25) is 0 Å². The molecule has 1 saturated carbocycles. The van der Waals surface area contributed by atoms with Crippen LogP contribution in [0.1, 0.15) is 43.7 Å². The third-order valence-electron chi connectivity index (χ3n) is 6.52. The molecule has 4 atom stereocenters. The maximum absolute atomic E-state index is 6.22. The summed E-state index contributed by atoms with van der Waals surface area (Å²) in [5.74, 6) is 1.62. The Hall–Kier alpha value is -1.06. The molecule has 1 aromatic rings. The molecule has 120 valence electrons. The molecule has 0 N–H and O–H groups in total. The summed E-state index contributed by atoms with van der Waals surface area (Å²) >= 11 is 0. The SMILES string of the molecule is COc1ccc2c(c1)CC[C@@H]1[C@@]3(C)CCC[C@@]21C(OC)OC3. The fourth-order valence-electron chi connectivity index (χ4n) is 5.62. The Labute approximate surface area is 132 Å². The van der Waals surface area contributed by atoms with Gasteiger partial charge in [-0.3, -0.25) is 0 Å². The number of hydrogen-bond donors (Lipinski definition) is 0. The average Bonchev–Trinajstić information content (AvgIpc) is 2.54. The van der Waals surface area contributed by atoms with E-state index in [2.05, 4.69) is 25.1 Å². The topological polar surface area (TPSA) is 27.7 Å². The summed E-state index contributed by atoms with van der Waals surface area (Å²) < 4.78 is 17.5. The number of benzene rings is 1. The first kappa shape index (κ1) is 14.5. The highest BCUT2D eigenvalue weighted by atomic mass is 16.7. The lowest BCUT2D eigenvalue weighted by molar-refractivity contribution is -0.267. The Bertz CT molecular complexity index is 584. The summed E-state index contributed by atoms with van der Waals surface area (Å²) in [6.45, 7) is 3.26. The molecule has 4 rings (SSSR count). The number of methoxy groups -OCH3 is 2. The van der Waals surface area contributed by atoms with Gasteiger partial charge >= 0.3 is 0 Å². The third kappa shape index (κ3) is 1.75. The molecule has 3 aliphatic rings. The first-order valence-corrected chi connectivity index (χ1v) is 8.46. The highest BCUT2D eigenvalue weighted by Crippen LogP contribution is 2.62. The van der Waals surface area contributed by atoms with Gasteiger partial charge in [-0.2, -0.15) is 0 Å². The standard InChI is InChI=1S/C19H26O3/c1-18-9-4-10-19(17(21-3)22-12-18)15-7-6-14(20-2)11-13(15)5-8-16(18)19/h6-7,11,16-17H,4-5,8-10,12H2,1-3H3/t16-,17?,18+,19-/m1/s1. The second-order valence-electron chi connectivity index (χ2n) is 7.54. The maximum atomic E-state index is 6.22. The lowest BCUT2D eigenvalue weighted by atomic mass is 9.48. The number of rotatable bonds is 2. The smallest absolute Gasteiger partial charge is 0.167 e. The van der Waals surface area contributed by atoms with Gasteiger partial charge in [0, 0.05) is 12.5 Å². The van der Waals surface area contributed by atoms with Crippen LogP contribution < -0.4 is 4.74 Å². The molecule has 1 aromatic carbocycles. The van der Waals surface area contributed by atoms with Crippen molar-refractivity contribution in [1.82, 2.24) is 0 Å². The summed E-state index contributed by atoms with van der Waals surface area (Å²) in [4.78, 5) is 0. The molecule has 0 amide bonds. The molecule has 2 bridgehead atoms. The lowest BCUT2D eigenvalue weighted by Crippen LogP contribution is -2.63. The molecule has 1 heterocycles. The van der Waals surface area contributed by atoms with E-state index < -0.39 is 0 Å². The van der Waals surface area contributed by atoms with E-state index in [1.165, 1.54) is 36.8 Å². The molecule has 1 aliphatic heterocycles. The van der Waals surface area contributed by atoms with E-state index in [1.54, 1.807) is 14.2 Å². The summed E-state index contributed by atoms with van der Waals surface area (Å²) in [5.41, 5.74) is 3.19. The van der Waals surface area contributed by atoms with Gasteiger partial charge in [-0.05, 0) is 60.3 Å². The van der Waals surface area contributed by atoms with Crippen LogP contribution in [0, 0.1) is 11.3 Å². The van der Waals surface area contributed by atoms with Crippen LogP contribution in [0.5, 0.6) is 5.75 Å². The summed E-state index contributed by atoms with van der Waals surface area (Å²) in [7, 11) is 3.54. The second kappa shape index (κ2) is 4.97. The Morgan fingerprint density at radius 3 is 2.86 bits per heavy atom. The summed E-state index contributed by atoms with van der Waals surface area (Å²) in [6.07, 6.45) is 5.98. The third-order valence-corrected chi connectivity index (χ3v) is 6.52. The van der Waals surface area contributed by atoms with Crippen molar-refractivity contribution in [3.63, 3.8) is 0 Å². The van der Waals surface area contributed by atoms with Crippen LogP contribution >= 0.6 is 0 Å². The van der Waals surface area contributed by atoms with Crippen LogP contribution in [0.3, 0.4) is 0 Å². The number of fused-ring (bicyclic) bond motifs is 1. The zero-order chi connectivity index (χ0) is 15.4. The molecule has 0 aromatic heterocycles. The highest BCUT2D eigenvalue weighted by molar-refractivity contribution is 5.45. The van der Waals surface area contributed by atoms with Crippen LogP contribution in [-0.2, 0) is 21.3 Å². The summed E-state index contributed by atoms with van der Waals surface area (Å²) in [6, 6.07) is 6.59. The van der Waals surface area contributed by atoms with Crippen molar-refractivity contribution in [1.29, 1.82) is 0 Å². The Balaban J connectivity index is 1.89. The second-order valence-corrected chi connectivity index (χ2v) is 7.54. The number of hydrogen-bond acceptors (Lipinski definition) is 3. The maximum Gasteiger partial charge on any atom is 0.167 e. The van der Waals surface area contributed by atoms with E-state index in [-0.39, 0.29) is 11.7 Å². The molecule has 1 saturated heterocycles. The zero-order valence-corrected chi connectivity index (χ0v) is 13.9. The summed E-state index contributed by atoms with van der Waals surface area (Å²) in [5, 5.41) is 0. The van der Waals surface area contributed by atoms with Crippen molar-refractivity contribution in [2.24, 2.45) is 11.3 Å². The molecular weight excluding hydrogens is 276 g/mol. The first-order chi connectivity index (χ1) is 10.6. The van der Waals surface area contributed by atoms with E-state index in [0.29, 0.717) is 11.3 Å². The number of aryl methyl sites for hydroxylation is 1. The van der Waals surface area contributed by atoms with Crippen LogP contribution in [0.4, 0.5) is 0 Å². The van der Waals surface area contributed by atoms with Crippen LogP contribution in [0.2, 0.25) is 0 Å². The quantitative estimate of drug-likeness (QED) is 0.834. The van der Waals surface area contributed by atoms with E-state index in [1.807, 2.05) is 0 Å². The van der Waals surface area contributed by atoms with Crippen LogP contribution in [0.15, 0.2) is 18.2 Å². The van der Waals surface area contributed by atoms with E-state index in [9.17, 15) is 0 Å². The largest absolute Gasteiger partial charge is 0.497 e. The van der Waals surface area contributed by atoms with Crippen molar-refractivity contribution in [3.05, 3.63) is 29.3 Å². The van der Waals surface area contributed by atoms with E-state index in [4.69, 9.17) is 14.2 Å². The molecule has 1 unspecified atom stereocenters. The molecule has 3 nitrogen and oxygen atoms in total. The van der Waals surface area contributed by atoms with Gasteiger partial charge < -0.3 is 14.2 Å². The monoisotopic (exact) mass is 302 g/mol. The molecule has 3 heteroatoms. The van der Waals surface area contributed by atoms with Gasteiger partial charge in [-0.1, -0.05) is 19.4 Å².